The molecule has 108 valence electrons. The van der Waals surface area contributed by atoms with E-state index in [-0.39, 0.29) is 0 Å². The Balaban J connectivity index is 1.47. The summed E-state index contributed by atoms with van der Waals surface area (Å²) in [4.78, 5) is 1.97. The van der Waals surface area contributed by atoms with E-state index < -0.39 is 0 Å². The molecule has 1 heteroatoms. The zero-order chi connectivity index (χ0) is 12.9. The fourth-order valence-electron chi connectivity index (χ4n) is 6.46. The van der Waals surface area contributed by atoms with Gasteiger partial charge in [0.25, 0.3) is 0 Å². The zero-order valence-electron chi connectivity index (χ0n) is 12.8. The monoisotopic (exact) mass is 262 g/mol. The highest BCUT2D eigenvalue weighted by Crippen LogP contribution is 2.57. The molecular weight excluding hydrogens is 230 g/mol. The molecule has 19 heavy (non-hydrogen) atoms. The number of quaternary nitrogens is 1. The average Bonchev–Trinajstić information content (AvgIpc) is 2.58. The highest BCUT2D eigenvalue weighted by molar-refractivity contribution is 4.98. The van der Waals surface area contributed by atoms with Crippen LogP contribution in [0.25, 0.3) is 0 Å². The summed E-state index contributed by atoms with van der Waals surface area (Å²) in [6.45, 7) is 6.95. The van der Waals surface area contributed by atoms with Crippen LogP contribution in [-0.2, 0) is 0 Å². The van der Waals surface area contributed by atoms with Gasteiger partial charge in [-0.15, -0.1) is 0 Å². The molecule has 1 aliphatic heterocycles. The van der Waals surface area contributed by atoms with Crippen molar-refractivity contribution in [1.29, 1.82) is 0 Å². The van der Waals surface area contributed by atoms with Gasteiger partial charge in [-0.25, -0.2) is 0 Å². The van der Waals surface area contributed by atoms with E-state index in [2.05, 4.69) is 6.92 Å². The van der Waals surface area contributed by atoms with Crippen molar-refractivity contribution in [2.75, 3.05) is 19.6 Å². The maximum absolute atomic E-state index is 2.45. The first-order valence-electron chi connectivity index (χ1n) is 9.04. The minimum Gasteiger partial charge on any atom is -0.334 e. The maximum atomic E-state index is 2.45. The molecule has 5 fully saturated rings. The number of hydrogen-bond donors (Lipinski definition) is 1. The summed E-state index contributed by atoms with van der Waals surface area (Å²) in [5, 5.41) is 0. The molecule has 5 rings (SSSR count). The number of piperidine rings is 1. The maximum Gasteiger partial charge on any atom is 0.0828 e. The molecule has 0 radical (unpaired) electrons. The molecule has 4 bridgehead atoms. The van der Waals surface area contributed by atoms with Crippen molar-refractivity contribution in [3.63, 3.8) is 0 Å². The van der Waals surface area contributed by atoms with Crippen molar-refractivity contribution in [1.82, 2.24) is 0 Å². The van der Waals surface area contributed by atoms with E-state index in [1.807, 2.05) is 4.90 Å². The highest BCUT2D eigenvalue weighted by Gasteiger charge is 2.50. The van der Waals surface area contributed by atoms with Gasteiger partial charge in [0.15, 0.2) is 0 Å². The molecule has 1 N–H and O–H groups in total. The van der Waals surface area contributed by atoms with E-state index in [0.29, 0.717) is 0 Å². The van der Waals surface area contributed by atoms with Gasteiger partial charge >= 0.3 is 0 Å². The molecule has 1 saturated heterocycles. The van der Waals surface area contributed by atoms with Gasteiger partial charge in [0, 0.05) is 5.41 Å². The second kappa shape index (κ2) is 4.76. The first kappa shape index (κ1) is 12.7. The van der Waals surface area contributed by atoms with Crippen LogP contribution in [0.2, 0.25) is 0 Å². The van der Waals surface area contributed by atoms with Crippen molar-refractivity contribution in [2.24, 2.45) is 29.1 Å². The predicted octanol–water partition coefficient (Wildman–Crippen LogP) is 2.91. The lowest BCUT2D eigenvalue weighted by Crippen LogP contribution is -3.14. The van der Waals surface area contributed by atoms with Gasteiger partial charge in [0.05, 0.1) is 19.6 Å². The van der Waals surface area contributed by atoms with Crippen LogP contribution in [0.5, 0.6) is 0 Å². The largest absolute Gasteiger partial charge is 0.334 e. The molecule has 5 aliphatic rings. The van der Waals surface area contributed by atoms with E-state index >= 15 is 0 Å². The molecule has 4 aliphatic carbocycles. The number of rotatable bonds is 2. The number of fused-ring (bicyclic) bond motifs is 1. The standard InChI is InChI=1S/C18H31N/c1-14-4-6-19(7-5-14)13-18-10-15-2-3-16(11-18)9-17(8-15)12-18/h14-17H,2-13H2,1H3/p+1/t15-,16+,17?,18?. The summed E-state index contributed by atoms with van der Waals surface area (Å²) in [5.74, 6) is 4.37. The SMILES string of the molecule is CC1CC[NH+](CC23CC4C[C@@H](CC[C@@H](C4)C2)C3)CC1. The van der Waals surface area contributed by atoms with Crippen molar-refractivity contribution in [3.8, 4) is 0 Å². The summed E-state index contributed by atoms with van der Waals surface area (Å²) in [6, 6.07) is 0. The van der Waals surface area contributed by atoms with E-state index in [9.17, 15) is 0 Å². The van der Waals surface area contributed by atoms with Gasteiger partial charge in [-0.05, 0) is 68.6 Å². The van der Waals surface area contributed by atoms with E-state index in [4.69, 9.17) is 0 Å². The quantitative estimate of drug-likeness (QED) is 0.780. The Morgan fingerprint density at radius 3 is 2.05 bits per heavy atom. The number of hydrogen-bond acceptors (Lipinski definition) is 0. The first-order valence-corrected chi connectivity index (χ1v) is 9.04. The molecule has 0 aromatic heterocycles. The number of likely N-dealkylation sites (tertiary alicyclic amines) is 1. The van der Waals surface area contributed by atoms with Crippen LogP contribution < -0.4 is 4.90 Å². The van der Waals surface area contributed by atoms with Crippen molar-refractivity contribution >= 4 is 0 Å². The molecule has 4 atom stereocenters. The van der Waals surface area contributed by atoms with Gasteiger partial charge in [0.1, 0.15) is 0 Å². The van der Waals surface area contributed by atoms with Gasteiger partial charge < -0.3 is 4.90 Å². The predicted molar refractivity (Wildman–Crippen MR) is 79.2 cm³/mol. The normalized spacial score (nSPS) is 53.2. The van der Waals surface area contributed by atoms with Crippen molar-refractivity contribution in [3.05, 3.63) is 0 Å². The van der Waals surface area contributed by atoms with Crippen LogP contribution in [0, 0.1) is 29.1 Å². The molecule has 1 nitrogen and oxygen atoms in total. The van der Waals surface area contributed by atoms with Crippen LogP contribution in [0.15, 0.2) is 0 Å². The van der Waals surface area contributed by atoms with Gasteiger partial charge in [0.2, 0.25) is 0 Å². The zero-order valence-corrected chi connectivity index (χ0v) is 12.8. The second-order valence-corrected chi connectivity index (χ2v) is 8.87. The molecule has 0 aromatic carbocycles. The minimum absolute atomic E-state index is 0.795. The van der Waals surface area contributed by atoms with E-state index in [1.165, 1.54) is 25.9 Å². The Bertz CT molecular complexity index is 313. The molecule has 0 aromatic rings. The topological polar surface area (TPSA) is 4.44 Å². The lowest BCUT2D eigenvalue weighted by molar-refractivity contribution is -0.913. The second-order valence-electron chi connectivity index (χ2n) is 8.87. The summed E-state index contributed by atoms with van der Waals surface area (Å²) in [7, 11) is 0. The molecule has 2 unspecified atom stereocenters. The van der Waals surface area contributed by atoms with Crippen molar-refractivity contribution < 1.29 is 4.90 Å². The van der Waals surface area contributed by atoms with Crippen molar-refractivity contribution in [2.45, 2.75) is 64.7 Å². The Kier molecular flexibility index (Phi) is 3.17. The van der Waals surface area contributed by atoms with Crippen LogP contribution in [-0.4, -0.2) is 19.6 Å². The molecule has 4 saturated carbocycles. The number of nitrogens with one attached hydrogen (secondary N) is 1. The van der Waals surface area contributed by atoms with Crippen LogP contribution >= 0.6 is 0 Å². The molecular formula is C18H32N+. The lowest BCUT2D eigenvalue weighted by Gasteiger charge is -2.49. The molecule has 0 amide bonds. The Hall–Kier alpha value is -0.0400. The Labute approximate surface area is 119 Å². The van der Waals surface area contributed by atoms with Crippen LogP contribution in [0.3, 0.4) is 0 Å². The highest BCUT2D eigenvalue weighted by atomic mass is 15.1. The van der Waals surface area contributed by atoms with E-state index in [0.717, 1.165) is 29.1 Å². The average molecular weight is 262 g/mol. The Morgan fingerprint density at radius 2 is 1.42 bits per heavy atom. The summed E-state index contributed by atoms with van der Waals surface area (Å²) in [5.41, 5.74) is 0.795. The smallest absolute Gasteiger partial charge is 0.0828 e. The summed E-state index contributed by atoms with van der Waals surface area (Å²) < 4.78 is 0. The lowest BCUT2D eigenvalue weighted by atomic mass is 9.58. The third-order valence-electron chi connectivity index (χ3n) is 7.09. The molecule has 0 spiro atoms. The van der Waals surface area contributed by atoms with Gasteiger partial charge in [-0.2, -0.15) is 0 Å². The van der Waals surface area contributed by atoms with Crippen LogP contribution in [0.1, 0.15) is 64.7 Å². The van der Waals surface area contributed by atoms with Crippen LogP contribution in [0.4, 0.5) is 0 Å². The first-order chi connectivity index (χ1) is 9.21. The minimum atomic E-state index is 0.795. The van der Waals surface area contributed by atoms with Gasteiger partial charge in [-0.3, -0.25) is 0 Å². The fraction of sp³-hybridized carbons (Fsp3) is 1.00. The summed E-state index contributed by atoms with van der Waals surface area (Å²) in [6.07, 6.45) is 14.2. The molecule has 1 heterocycles. The Morgan fingerprint density at radius 1 is 0.842 bits per heavy atom. The fourth-order valence-corrected chi connectivity index (χ4v) is 6.46. The third-order valence-corrected chi connectivity index (χ3v) is 7.09. The summed E-state index contributed by atoms with van der Waals surface area (Å²) >= 11 is 0. The van der Waals surface area contributed by atoms with Gasteiger partial charge in [-0.1, -0.05) is 19.8 Å². The van der Waals surface area contributed by atoms with E-state index in [1.54, 1.807) is 51.5 Å². The third kappa shape index (κ3) is 2.48.